The molecule has 1 rings (SSSR count). The van der Waals surface area contributed by atoms with E-state index in [-0.39, 0.29) is 22.6 Å². The maximum Gasteiger partial charge on any atom is 0.326 e. The molecule has 0 bridgehead atoms. The van der Waals surface area contributed by atoms with Gasteiger partial charge in [-0.1, -0.05) is 19.4 Å². The highest BCUT2D eigenvalue weighted by Gasteiger charge is 2.20. The summed E-state index contributed by atoms with van der Waals surface area (Å²) >= 11 is 0. The molecule has 6 nitrogen and oxygen atoms in total. The lowest BCUT2D eigenvalue weighted by Crippen LogP contribution is -2.40. The number of unbranched alkanes of at least 4 members (excludes halogenated alkanes) is 1. The number of carbonyl (C=O) groups is 2. The Kier molecular flexibility index (Phi) is 7.64. The fourth-order valence-electron chi connectivity index (χ4n) is 2.05. The highest BCUT2D eigenvalue weighted by molar-refractivity contribution is 7.91. The zero-order valence-electron chi connectivity index (χ0n) is 13.7. The van der Waals surface area contributed by atoms with Gasteiger partial charge in [0.05, 0.1) is 10.6 Å². The Labute approximate surface area is 142 Å². The molecule has 0 aliphatic rings. The van der Waals surface area contributed by atoms with Crippen LogP contribution in [0.1, 0.15) is 43.0 Å². The van der Waals surface area contributed by atoms with Crippen LogP contribution in [0, 0.1) is 0 Å². The number of rotatable bonds is 10. The predicted molar refractivity (Wildman–Crippen MR) is 91.7 cm³/mol. The van der Waals surface area contributed by atoms with E-state index in [1.807, 2.05) is 6.92 Å². The molecule has 0 saturated heterocycles. The van der Waals surface area contributed by atoms with E-state index >= 15 is 0 Å². The smallest absolute Gasteiger partial charge is 0.326 e. The van der Waals surface area contributed by atoms with Gasteiger partial charge in [0.1, 0.15) is 6.04 Å². The van der Waals surface area contributed by atoms with E-state index < -0.39 is 27.8 Å². The van der Waals surface area contributed by atoms with Crippen molar-refractivity contribution in [2.24, 2.45) is 0 Å². The van der Waals surface area contributed by atoms with Crippen LogP contribution in [0.4, 0.5) is 0 Å². The lowest BCUT2D eigenvalue weighted by atomic mass is 10.1. The molecule has 1 aromatic carbocycles. The number of carboxylic acid groups (broad SMARTS) is 1. The van der Waals surface area contributed by atoms with Gasteiger partial charge in [-0.3, -0.25) is 4.79 Å². The third kappa shape index (κ3) is 5.81. The van der Waals surface area contributed by atoms with E-state index in [2.05, 4.69) is 11.9 Å². The van der Waals surface area contributed by atoms with Gasteiger partial charge in [-0.2, -0.15) is 0 Å². The topological polar surface area (TPSA) is 101 Å². The summed E-state index contributed by atoms with van der Waals surface area (Å²) in [6.45, 7) is 5.43. The van der Waals surface area contributed by atoms with Crippen LogP contribution in [0.15, 0.2) is 41.8 Å². The summed E-state index contributed by atoms with van der Waals surface area (Å²) < 4.78 is 24.1. The molecule has 0 saturated carbocycles. The Morgan fingerprint density at radius 1 is 1.29 bits per heavy atom. The number of aliphatic carboxylic acids is 1. The molecule has 1 aromatic rings. The Morgan fingerprint density at radius 3 is 2.42 bits per heavy atom. The molecular weight excluding hydrogens is 330 g/mol. The van der Waals surface area contributed by atoms with Gasteiger partial charge in [0, 0.05) is 5.56 Å². The van der Waals surface area contributed by atoms with E-state index in [0.717, 1.165) is 6.42 Å². The van der Waals surface area contributed by atoms with E-state index in [4.69, 9.17) is 5.11 Å². The Balaban J connectivity index is 2.82. The molecule has 0 heterocycles. The number of benzene rings is 1. The van der Waals surface area contributed by atoms with Crippen molar-refractivity contribution in [3.63, 3.8) is 0 Å². The summed E-state index contributed by atoms with van der Waals surface area (Å²) in [4.78, 5) is 23.4. The van der Waals surface area contributed by atoms with Gasteiger partial charge in [0.2, 0.25) is 0 Å². The number of sulfone groups is 1. The van der Waals surface area contributed by atoms with Crippen LogP contribution in [0.3, 0.4) is 0 Å². The number of amides is 1. The molecule has 0 aromatic heterocycles. The summed E-state index contributed by atoms with van der Waals surface area (Å²) in [5.74, 6) is -1.61. The minimum absolute atomic E-state index is 0.0671. The minimum Gasteiger partial charge on any atom is -0.480 e. The summed E-state index contributed by atoms with van der Waals surface area (Å²) in [5, 5.41) is 11.5. The van der Waals surface area contributed by atoms with Gasteiger partial charge in [-0.25, -0.2) is 13.2 Å². The standard InChI is InChI=1S/C17H23NO5S/c1-3-5-7-15(17(20)21)18-16(19)13-8-10-14(11-9-13)24(22,23)12-6-4-2/h3,8-11,15H,1,4-7,12H2,2H3,(H,18,19)(H,20,21). The van der Waals surface area contributed by atoms with Crippen molar-refractivity contribution >= 4 is 21.7 Å². The quantitative estimate of drug-likeness (QED) is 0.629. The summed E-state index contributed by atoms with van der Waals surface area (Å²) in [5.41, 5.74) is 0.217. The largest absolute Gasteiger partial charge is 0.480 e. The number of nitrogens with one attached hydrogen (secondary N) is 1. The lowest BCUT2D eigenvalue weighted by Gasteiger charge is -2.13. The molecule has 0 radical (unpaired) electrons. The van der Waals surface area contributed by atoms with Crippen molar-refractivity contribution < 1.29 is 23.1 Å². The Bertz CT molecular complexity index is 679. The minimum atomic E-state index is -3.35. The third-order valence-electron chi connectivity index (χ3n) is 3.51. The lowest BCUT2D eigenvalue weighted by molar-refractivity contribution is -0.139. The fourth-order valence-corrected chi connectivity index (χ4v) is 3.50. The third-order valence-corrected chi connectivity index (χ3v) is 5.32. The van der Waals surface area contributed by atoms with Gasteiger partial charge in [0.15, 0.2) is 9.84 Å². The first-order valence-electron chi connectivity index (χ1n) is 7.79. The van der Waals surface area contributed by atoms with Crippen molar-refractivity contribution in [1.82, 2.24) is 5.32 Å². The molecule has 24 heavy (non-hydrogen) atoms. The molecule has 0 aliphatic carbocycles. The van der Waals surface area contributed by atoms with Crippen molar-refractivity contribution in [3.8, 4) is 0 Å². The highest BCUT2D eigenvalue weighted by Crippen LogP contribution is 2.14. The number of hydrogen-bond donors (Lipinski definition) is 2. The van der Waals surface area contributed by atoms with E-state index in [1.165, 1.54) is 24.3 Å². The maximum absolute atomic E-state index is 12.1. The van der Waals surface area contributed by atoms with Crippen LogP contribution < -0.4 is 5.32 Å². The molecule has 0 spiro atoms. The second-order valence-electron chi connectivity index (χ2n) is 5.43. The molecule has 2 N–H and O–H groups in total. The van der Waals surface area contributed by atoms with E-state index in [0.29, 0.717) is 12.8 Å². The van der Waals surface area contributed by atoms with E-state index in [1.54, 1.807) is 6.08 Å². The number of hydrogen-bond acceptors (Lipinski definition) is 4. The maximum atomic E-state index is 12.1. The zero-order valence-corrected chi connectivity index (χ0v) is 14.5. The van der Waals surface area contributed by atoms with Crippen LogP contribution in [-0.4, -0.2) is 37.2 Å². The van der Waals surface area contributed by atoms with Gasteiger partial charge in [0.25, 0.3) is 5.91 Å². The second kappa shape index (κ2) is 9.22. The predicted octanol–water partition coefficient (Wildman–Crippen LogP) is 2.41. The first kappa shape index (κ1) is 19.9. The van der Waals surface area contributed by atoms with Crippen molar-refractivity contribution in [3.05, 3.63) is 42.5 Å². The van der Waals surface area contributed by atoms with Gasteiger partial charge in [-0.15, -0.1) is 6.58 Å². The molecule has 1 atom stereocenters. The van der Waals surface area contributed by atoms with Gasteiger partial charge in [-0.05, 0) is 43.5 Å². The molecule has 1 unspecified atom stereocenters. The Hall–Kier alpha value is -2.15. The normalized spacial score (nSPS) is 12.4. The second-order valence-corrected chi connectivity index (χ2v) is 7.54. The van der Waals surface area contributed by atoms with Gasteiger partial charge >= 0.3 is 5.97 Å². The first-order valence-corrected chi connectivity index (χ1v) is 9.44. The summed E-state index contributed by atoms with van der Waals surface area (Å²) in [6.07, 6.45) is 3.65. The van der Waals surface area contributed by atoms with Crippen molar-refractivity contribution in [2.45, 2.75) is 43.5 Å². The summed E-state index contributed by atoms with van der Waals surface area (Å²) in [7, 11) is -3.35. The van der Waals surface area contributed by atoms with Crippen LogP contribution >= 0.6 is 0 Å². The molecular formula is C17H23NO5S. The molecule has 1 amide bonds. The number of carboxylic acids is 1. The number of carbonyl (C=O) groups excluding carboxylic acids is 1. The van der Waals surface area contributed by atoms with Crippen molar-refractivity contribution in [2.75, 3.05) is 5.75 Å². The monoisotopic (exact) mass is 353 g/mol. The van der Waals surface area contributed by atoms with Crippen molar-refractivity contribution in [1.29, 1.82) is 0 Å². The molecule has 7 heteroatoms. The zero-order chi connectivity index (χ0) is 18.2. The van der Waals surface area contributed by atoms with Crippen LogP contribution in [0.5, 0.6) is 0 Å². The highest BCUT2D eigenvalue weighted by atomic mass is 32.2. The first-order chi connectivity index (χ1) is 11.3. The molecule has 0 aliphatic heterocycles. The molecule has 0 fully saturated rings. The summed E-state index contributed by atoms with van der Waals surface area (Å²) in [6, 6.07) is 4.52. The fraction of sp³-hybridized carbons (Fsp3) is 0.412. The molecule has 132 valence electrons. The number of allylic oxidation sites excluding steroid dienone is 1. The SMILES string of the molecule is C=CCCC(NC(=O)c1ccc(S(=O)(=O)CCCC)cc1)C(=O)O. The van der Waals surface area contributed by atoms with Crippen LogP contribution in [-0.2, 0) is 14.6 Å². The van der Waals surface area contributed by atoms with Crippen LogP contribution in [0.25, 0.3) is 0 Å². The van der Waals surface area contributed by atoms with E-state index in [9.17, 15) is 18.0 Å². The van der Waals surface area contributed by atoms with Crippen LogP contribution in [0.2, 0.25) is 0 Å². The average Bonchev–Trinajstić information content (AvgIpc) is 2.56. The van der Waals surface area contributed by atoms with Gasteiger partial charge < -0.3 is 10.4 Å². The average molecular weight is 353 g/mol. The Morgan fingerprint density at radius 2 is 1.92 bits per heavy atom.